The standard InChI is InChI=1S/C14H21NO5S/c1-2-3-4-9-15(10-11-16)21(19,20)13-7-5-12(6-8-13)14(17)18/h5-8,16H,2-4,9-11H2,1H3,(H,17,18). The molecule has 0 unspecified atom stereocenters. The molecule has 0 atom stereocenters. The molecule has 21 heavy (non-hydrogen) atoms. The lowest BCUT2D eigenvalue weighted by Gasteiger charge is -2.21. The van der Waals surface area contributed by atoms with Crippen molar-refractivity contribution < 1.29 is 23.4 Å². The average Bonchev–Trinajstić information content (AvgIpc) is 2.46. The molecule has 7 heteroatoms. The molecule has 0 aliphatic heterocycles. The van der Waals surface area contributed by atoms with Gasteiger partial charge in [-0.1, -0.05) is 19.8 Å². The van der Waals surface area contributed by atoms with Crippen molar-refractivity contribution in [1.82, 2.24) is 4.31 Å². The van der Waals surface area contributed by atoms with Crippen LogP contribution in [-0.2, 0) is 10.0 Å². The van der Waals surface area contributed by atoms with Gasteiger partial charge in [-0.05, 0) is 30.7 Å². The van der Waals surface area contributed by atoms with Gasteiger partial charge >= 0.3 is 5.97 Å². The predicted octanol–water partition coefficient (Wildman–Crippen LogP) is 1.56. The molecule has 6 nitrogen and oxygen atoms in total. The van der Waals surface area contributed by atoms with Crippen LogP contribution in [0, 0.1) is 0 Å². The normalized spacial score (nSPS) is 11.8. The molecule has 0 spiro atoms. The summed E-state index contributed by atoms with van der Waals surface area (Å²) in [5, 5.41) is 17.9. The number of aliphatic hydroxyl groups excluding tert-OH is 1. The summed E-state index contributed by atoms with van der Waals surface area (Å²) in [4.78, 5) is 10.8. The van der Waals surface area contributed by atoms with Crippen molar-refractivity contribution in [3.05, 3.63) is 29.8 Å². The first-order valence-corrected chi connectivity index (χ1v) is 8.31. The summed E-state index contributed by atoms with van der Waals surface area (Å²) in [5.74, 6) is -1.10. The van der Waals surface area contributed by atoms with E-state index in [9.17, 15) is 13.2 Å². The SMILES string of the molecule is CCCCCN(CCO)S(=O)(=O)c1ccc(C(=O)O)cc1. The van der Waals surface area contributed by atoms with E-state index in [1.54, 1.807) is 0 Å². The topological polar surface area (TPSA) is 94.9 Å². The van der Waals surface area contributed by atoms with Gasteiger partial charge in [0, 0.05) is 13.1 Å². The van der Waals surface area contributed by atoms with Crippen molar-refractivity contribution in [2.24, 2.45) is 0 Å². The van der Waals surface area contributed by atoms with Crippen LogP contribution in [0.15, 0.2) is 29.2 Å². The molecule has 0 saturated heterocycles. The van der Waals surface area contributed by atoms with Crippen molar-refractivity contribution in [1.29, 1.82) is 0 Å². The van der Waals surface area contributed by atoms with E-state index in [0.29, 0.717) is 6.54 Å². The molecular formula is C14H21NO5S. The average molecular weight is 315 g/mol. The monoisotopic (exact) mass is 315 g/mol. The van der Waals surface area contributed by atoms with Gasteiger partial charge in [-0.15, -0.1) is 0 Å². The van der Waals surface area contributed by atoms with Crippen LogP contribution in [0.5, 0.6) is 0 Å². The fourth-order valence-electron chi connectivity index (χ4n) is 1.92. The molecule has 0 aliphatic carbocycles. The molecule has 1 aromatic carbocycles. The summed E-state index contributed by atoms with van der Waals surface area (Å²) in [6, 6.07) is 5.09. The Balaban J connectivity index is 2.95. The van der Waals surface area contributed by atoms with Crippen molar-refractivity contribution in [2.45, 2.75) is 31.1 Å². The number of rotatable bonds is 9. The molecule has 0 bridgehead atoms. The summed E-state index contributed by atoms with van der Waals surface area (Å²) >= 11 is 0. The Hall–Kier alpha value is -1.44. The third-order valence-electron chi connectivity index (χ3n) is 3.10. The minimum Gasteiger partial charge on any atom is -0.478 e. The third kappa shape index (κ3) is 4.80. The van der Waals surface area contributed by atoms with Crippen LogP contribution in [0.2, 0.25) is 0 Å². The lowest BCUT2D eigenvalue weighted by Crippen LogP contribution is -2.34. The Morgan fingerprint density at radius 3 is 2.24 bits per heavy atom. The fourth-order valence-corrected chi connectivity index (χ4v) is 3.39. The van der Waals surface area contributed by atoms with Gasteiger partial charge in [-0.2, -0.15) is 4.31 Å². The highest BCUT2D eigenvalue weighted by Crippen LogP contribution is 2.17. The number of nitrogens with zero attached hydrogens (tertiary/aromatic N) is 1. The van der Waals surface area contributed by atoms with Crippen molar-refractivity contribution >= 4 is 16.0 Å². The summed E-state index contributed by atoms with van der Waals surface area (Å²) in [7, 11) is -3.71. The van der Waals surface area contributed by atoms with Crippen LogP contribution in [0.25, 0.3) is 0 Å². The molecule has 0 saturated carbocycles. The lowest BCUT2D eigenvalue weighted by molar-refractivity contribution is 0.0696. The number of carbonyl (C=O) groups is 1. The van der Waals surface area contributed by atoms with E-state index >= 15 is 0 Å². The molecule has 0 radical (unpaired) electrons. The zero-order valence-electron chi connectivity index (χ0n) is 12.0. The third-order valence-corrected chi connectivity index (χ3v) is 5.01. The summed E-state index contributed by atoms with van der Waals surface area (Å²) < 4.78 is 26.2. The molecule has 118 valence electrons. The molecule has 0 aromatic heterocycles. The maximum absolute atomic E-state index is 12.5. The lowest BCUT2D eigenvalue weighted by atomic mass is 10.2. The van der Waals surface area contributed by atoms with Gasteiger partial charge in [0.1, 0.15) is 0 Å². The Kier molecular flexibility index (Phi) is 6.80. The number of hydrogen-bond donors (Lipinski definition) is 2. The Morgan fingerprint density at radius 1 is 1.14 bits per heavy atom. The largest absolute Gasteiger partial charge is 0.478 e. The minimum absolute atomic E-state index is 0.0345. The molecule has 1 rings (SSSR count). The first-order valence-electron chi connectivity index (χ1n) is 6.87. The number of aliphatic hydroxyl groups is 1. The highest BCUT2D eigenvalue weighted by molar-refractivity contribution is 7.89. The van der Waals surface area contributed by atoms with Crippen LogP contribution in [0.4, 0.5) is 0 Å². The fraction of sp³-hybridized carbons (Fsp3) is 0.500. The van der Waals surface area contributed by atoms with Crippen LogP contribution in [0.3, 0.4) is 0 Å². The number of benzene rings is 1. The summed E-state index contributed by atoms with van der Waals surface area (Å²) in [6.07, 6.45) is 2.61. The maximum atomic E-state index is 12.5. The van der Waals surface area contributed by atoms with E-state index in [4.69, 9.17) is 10.2 Å². The quantitative estimate of drug-likeness (QED) is 0.674. The Labute approximate surface area is 125 Å². The number of carboxylic acids is 1. The van der Waals surface area contributed by atoms with Gasteiger partial charge in [-0.3, -0.25) is 0 Å². The smallest absolute Gasteiger partial charge is 0.335 e. The number of hydrogen-bond acceptors (Lipinski definition) is 4. The summed E-state index contributed by atoms with van der Waals surface area (Å²) in [6.45, 7) is 2.15. The van der Waals surface area contributed by atoms with E-state index in [0.717, 1.165) is 19.3 Å². The minimum atomic E-state index is -3.71. The number of aromatic carboxylic acids is 1. The first kappa shape index (κ1) is 17.6. The van der Waals surface area contributed by atoms with E-state index in [2.05, 4.69) is 0 Å². The van der Waals surface area contributed by atoms with Gasteiger partial charge in [0.05, 0.1) is 17.1 Å². The second-order valence-electron chi connectivity index (χ2n) is 4.66. The van der Waals surface area contributed by atoms with Gasteiger partial charge < -0.3 is 10.2 Å². The number of sulfonamides is 1. The maximum Gasteiger partial charge on any atom is 0.335 e. The molecule has 0 amide bonds. The molecule has 0 aliphatic rings. The summed E-state index contributed by atoms with van der Waals surface area (Å²) in [5.41, 5.74) is 0.0358. The highest BCUT2D eigenvalue weighted by Gasteiger charge is 2.23. The zero-order valence-corrected chi connectivity index (χ0v) is 12.8. The predicted molar refractivity (Wildman–Crippen MR) is 78.8 cm³/mol. The molecule has 2 N–H and O–H groups in total. The Bertz CT molecular complexity index is 553. The molecule has 0 fully saturated rings. The van der Waals surface area contributed by atoms with Crippen LogP contribution in [0.1, 0.15) is 36.5 Å². The van der Waals surface area contributed by atoms with Crippen molar-refractivity contribution in [3.8, 4) is 0 Å². The molecule has 1 aromatic rings. The van der Waals surface area contributed by atoms with Crippen LogP contribution < -0.4 is 0 Å². The highest BCUT2D eigenvalue weighted by atomic mass is 32.2. The zero-order chi connectivity index (χ0) is 15.9. The Morgan fingerprint density at radius 2 is 1.76 bits per heavy atom. The second-order valence-corrected chi connectivity index (χ2v) is 6.60. The van der Waals surface area contributed by atoms with Crippen molar-refractivity contribution in [3.63, 3.8) is 0 Å². The van der Waals surface area contributed by atoms with E-state index in [-0.39, 0.29) is 23.6 Å². The van der Waals surface area contributed by atoms with Gasteiger partial charge in [0.15, 0.2) is 0 Å². The van der Waals surface area contributed by atoms with Gasteiger partial charge in [0.2, 0.25) is 10.0 Å². The van der Waals surface area contributed by atoms with Gasteiger partial charge in [-0.25, -0.2) is 13.2 Å². The first-order chi connectivity index (χ1) is 9.93. The van der Waals surface area contributed by atoms with Crippen molar-refractivity contribution in [2.75, 3.05) is 19.7 Å². The molecule has 0 heterocycles. The number of carboxylic acid groups (broad SMARTS) is 1. The molecular weight excluding hydrogens is 294 g/mol. The van der Waals surface area contributed by atoms with E-state index < -0.39 is 16.0 Å². The number of unbranched alkanes of at least 4 members (excludes halogenated alkanes) is 2. The van der Waals surface area contributed by atoms with E-state index in [1.807, 2.05) is 6.92 Å². The van der Waals surface area contributed by atoms with Crippen LogP contribution in [-0.4, -0.2) is 48.6 Å². The van der Waals surface area contributed by atoms with E-state index in [1.165, 1.54) is 28.6 Å². The second kappa shape index (κ2) is 8.11. The van der Waals surface area contributed by atoms with Crippen LogP contribution >= 0.6 is 0 Å². The van der Waals surface area contributed by atoms with Gasteiger partial charge in [0.25, 0.3) is 0 Å².